The molecule has 0 heterocycles. The number of fused-ring (bicyclic) bond motifs is 3. The van der Waals surface area contributed by atoms with Crippen LogP contribution in [0.25, 0.3) is 0 Å². The average molecular weight is 365 g/mol. The SMILES string of the molecule is CC(=O)O[C@H]1C[C@@H]2C(C)(C)CCC[C@@]2(C)[C@@H]2CC[C@@H]3C[C@]12C[C@]3(O)CO. The smallest absolute Gasteiger partial charge is 0.302 e. The van der Waals surface area contributed by atoms with Gasteiger partial charge >= 0.3 is 5.97 Å². The van der Waals surface area contributed by atoms with Gasteiger partial charge in [-0.1, -0.05) is 27.2 Å². The fourth-order valence-corrected chi connectivity index (χ4v) is 8.35. The molecule has 0 amide bonds. The molecule has 0 unspecified atom stereocenters. The predicted octanol–water partition coefficient (Wildman–Crippen LogP) is 3.68. The summed E-state index contributed by atoms with van der Waals surface area (Å²) < 4.78 is 5.98. The number of carbonyl (C=O) groups is 1. The molecule has 0 aromatic rings. The number of rotatable bonds is 2. The van der Waals surface area contributed by atoms with Crippen molar-refractivity contribution in [3.63, 3.8) is 0 Å². The van der Waals surface area contributed by atoms with Gasteiger partial charge in [-0.25, -0.2) is 0 Å². The van der Waals surface area contributed by atoms with Crippen LogP contribution in [0.15, 0.2) is 0 Å². The van der Waals surface area contributed by atoms with E-state index in [9.17, 15) is 15.0 Å². The fourth-order valence-electron chi connectivity index (χ4n) is 8.35. The molecule has 2 bridgehead atoms. The van der Waals surface area contributed by atoms with Crippen LogP contribution >= 0.6 is 0 Å². The van der Waals surface area contributed by atoms with Crippen LogP contribution in [0.4, 0.5) is 0 Å². The molecule has 2 N–H and O–H groups in total. The van der Waals surface area contributed by atoms with Gasteiger partial charge in [0, 0.05) is 12.3 Å². The number of hydrogen-bond acceptors (Lipinski definition) is 4. The summed E-state index contributed by atoms with van der Waals surface area (Å²) in [5.41, 5.74) is -0.662. The third-order valence-corrected chi connectivity index (χ3v) is 9.26. The van der Waals surface area contributed by atoms with Crippen LogP contribution in [0.2, 0.25) is 0 Å². The van der Waals surface area contributed by atoms with E-state index < -0.39 is 5.60 Å². The van der Waals surface area contributed by atoms with Gasteiger partial charge in [-0.2, -0.15) is 0 Å². The Kier molecular flexibility index (Phi) is 4.11. The maximum atomic E-state index is 12.0. The number of carbonyl (C=O) groups excluding carboxylic acids is 1. The van der Waals surface area contributed by atoms with Crippen molar-refractivity contribution in [2.24, 2.45) is 34.0 Å². The summed E-state index contributed by atoms with van der Waals surface area (Å²) in [5, 5.41) is 21.1. The maximum absolute atomic E-state index is 12.0. The van der Waals surface area contributed by atoms with Crippen LogP contribution in [-0.2, 0) is 9.53 Å². The van der Waals surface area contributed by atoms with Gasteiger partial charge in [0.2, 0.25) is 0 Å². The number of hydrogen-bond donors (Lipinski definition) is 2. The lowest BCUT2D eigenvalue weighted by Crippen LogP contribution is -2.61. The van der Waals surface area contributed by atoms with Crippen LogP contribution in [0.5, 0.6) is 0 Å². The maximum Gasteiger partial charge on any atom is 0.302 e. The van der Waals surface area contributed by atoms with Crippen molar-refractivity contribution in [3.8, 4) is 0 Å². The highest BCUT2D eigenvalue weighted by Crippen LogP contribution is 2.73. The second kappa shape index (κ2) is 5.70. The van der Waals surface area contributed by atoms with Gasteiger partial charge in [0.15, 0.2) is 0 Å². The second-order valence-electron chi connectivity index (χ2n) is 10.9. The van der Waals surface area contributed by atoms with Gasteiger partial charge in [0.05, 0.1) is 12.2 Å². The number of esters is 1. The molecule has 4 aliphatic rings. The van der Waals surface area contributed by atoms with Crippen molar-refractivity contribution in [2.45, 2.75) is 90.8 Å². The van der Waals surface area contributed by atoms with E-state index in [0.717, 1.165) is 25.7 Å². The van der Waals surface area contributed by atoms with Crippen LogP contribution in [0.1, 0.15) is 79.1 Å². The average Bonchev–Trinajstić information content (AvgIpc) is 2.77. The quantitative estimate of drug-likeness (QED) is 0.734. The molecule has 4 saturated carbocycles. The molecule has 0 aliphatic heterocycles. The molecular formula is C22H36O4. The molecule has 4 nitrogen and oxygen atoms in total. The number of aliphatic hydroxyl groups is 2. The largest absolute Gasteiger partial charge is 0.462 e. The standard InChI is InChI=1S/C22H36O4/c1-14(24)26-18-10-17-19(2,3)8-5-9-20(17,4)16-7-6-15-11-21(16,18)12-22(15,25)13-23/h15-18,23,25H,5-13H2,1-4H3/t15-,16+,17-,18+,20+,21-,22+/m1/s1. The minimum absolute atomic E-state index is 0.121. The van der Waals surface area contributed by atoms with Crippen LogP contribution in [-0.4, -0.2) is 34.5 Å². The highest BCUT2D eigenvalue weighted by Gasteiger charge is 2.70. The molecule has 4 rings (SSSR count). The Morgan fingerprint density at radius 2 is 1.88 bits per heavy atom. The molecule has 4 fully saturated rings. The van der Waals surface area contributed by atoms with E-state index in [1.807, 2.05) is 0 Å². The molecule has 1 spiro atoms. The molecule has 0 aromatic carbocycles. The zero-order chi connectivity index (χ0) is 19.0. The molecule has 0 radical (unpaired) electrons. The van der Waals surface area contributed by atoms with Crippen LogP contribution < -0.4 is 0 Å². The lowest BCUT2D eigenvalue weighted by molar-refractivity contribution is -0.213. The predicted molar refractivity (Wildman–Crippen MR) is 99.3 cm³/mol. The first-order valence-corrected chi connectivity index (χ1v) is 10.6. The third-order valence-electron chi connectivity index (χ3n) is 9.26. The number of ether oxygens (including phenoxy) is 1. The molecule has 0 saturated heterocycles. The van der Waals surface area contributed by atoms with Gasteiger partial charge in [-0.3, -0.25) is 4.79 Å². The van der Waals surface area contributed by atoms with Gasteiger partial charge in [0.1, 0.15) is 6.10 Å². The zero-order valence-electron chi connectivity index (χ0n) is 16.9. The highest BCUT2D eigenvalue weighted by molar-refractivity contribution is 5.66. The van der Waals surface area contributed by atoms with Crippen LogP contribution in [0, 0.1) is 34.0 Å². The molecule has 26 heavy (non-hydrogen) atoms. The molecule has 7 atom stereocenters. The topological polar surface area (TPSA) is 66.8 Å². The third kappa shape index (κ3) is 2.37. The van der Waals surface area contributed by atoms with Crippen molar-refractivity contribution >= 4 is 5.97 Å². The minimum Gasteiger partial charge on any atom is -0.462 e. The lowest BCUT2D eigenvalue weighted by Gasteiger charge is -2.65. The first-order valence-electron chi connectivity index (χ1n) is 10.6. The summed E-state index contributed by atoms with van der Waals surface area (Å²) in [6, 6.07) is 0. The molecule has 0 aromatic heterocycles. The van der Waals surface area contributed by atoms with Crippen molar-refractivity contribution in [1.29, 1.82) is 0 Å². The monoisotopic (exact) mass is 364 g/mol. The van der Waals surface area contributed by atoms with E-state index in [1.54, 1.807) is 0 Å². The molecule has 4 aliphatic carbocycles. The first-order chi connectivity index (χ1) is 12.1. The normalized spacial score (nSPS) is 52.1. The summed E-state index contributed by atoms with van der Waals surface area (Å²) in [6.45, 7) is 8.60. The Balaban J connectivity index is 1.80. The summed E-state index contributed by atoms with van der Waals surface area (Å²) in [7, 11) is 0. The highest BCUT2D eigenvalue weighted by atomic mass is 16.5. The lowest BCUT2D eigenvalue weighted by atomic mass is 9.40. The van der Waals surface area contributed by atoms with E-state index in [4.69, 9.17) is 4.74 Å². The summed E-state index contributed by atoms with van der Waals surface area (Å²) >= 11 is 0. The Labute approximate surface area is 157 Å². The van der Waals surface area contributed by atoms with Crippen molar-refractivity contribution in [2.75, 3.05) is 6.61 Å². The van der Waals surface area contributed by atoms with E-state index >= 15 is 0 Å². The summed E-state index contributed by atoms with van der Waals surface area (Å²) in [6.07, 6.45) is 8.09. The fraction of sp³-hybridized carbons (Fsp3) is 0.955. The Morgan fingerprint density at radius 3 is 2.54 bits per heavy atom. The molecule has 4 heteroatoms. The molecular weight excluding hydrogens is 328 g/mol. The van der Waals surface area contributed by atoms with Gasteiger partial charge < -0.3 is 14.9 Å². The van der Waals surface area contributed by atoms with Crippen molar-refractivity contribution in [1.82, 2.24) is 0 Å². The Morgan fingerprint density at radius 1 is 1.15 bits per heavy atom. The van der Waals surface area contributed by atoms with E-state index in [1.165, 1.54) is 26.2 Å². The molecule has 148 valence electrons. The van der Waals surface area contributed by atoms with Crippen LogP contribution in [0.3, 0.4) is 0 Å². The summed E-state index contributed by atoms with van der Waals surface area (Å²) in [5.74, 6) is 0.943. The van der Waals surface area contributed by atoms with E-state index in [-0.39, 0.29) is 40.8 Å². The Hall–Kier alpha value is -0.610. The zero-order valence-corrected chi connectivity index (χ0v) is 16.9. The second-order valence-corrected chi connectivity index (χ2v) is 10.9. The van der Waals surface area contributed by atoms with Gasteiger partial charge in [-0.15, -0.1) is 0 Å². The van der Waals surface area contributed by atoms with Gasteiger partial charge in [-0.05, 0) is 73.5 Å². The van der Waals surface area contributed by atoms with E-state index in [2.05, 4.69) is 20.8 Å². The number of aliphatic hydroxyl groups excluding tert-OH is 1. The summed E-state index contributed by atoms with van der Waals surface area (Å²) in [4.78, 5) is 12.0. The minimum atomic E-state index is -0.999. The first kappa shape index (κ1) is 18.7. The Bertz CT molecular complexity index is 601. The van der Waals surface area contributed by atoms with Gasteiger partial charge in [0.25, 0.3) is 0 Å². The van der Waals surface area contributed by atoms with E-state index in [0.29, 0.717) is 18.3 Å². The van der Waals surface area contributed by atoms with Crippen molar-refractivity contribution in [3.05, 3.63) is 0 Å². The van der Waals surface area contributed by atoms with Crippen molar-refractivity contribution < 1.29 is 19.7 Å².